The normalized spacial score (nSPS) is 12.9. The van der Waals surface area contributed by atoms with Crippen LogP contribution in [-0.2, 0) is 16.4 Å². The minimum Gasteiger partial charge on any atom is -0.494 e. The van der Waals surface area contributed by atoms with Gasteiger partial charge >= 0.3 is 0 Å². The summed E-state index contributed by atoms with van der Waals surface area (Å²) in [7, 11) is -2.83. The summed E-state index contributed by atoms with van der Waals surface area (Å²) < 4.78 is 63.3. The number of benzene rings is 1. The van der Waals surface area contributed by atoms with Crippen LogP contribution >= 0.6 is 0 Å². The maximum Gasteiger partial charge on any atom is 0.246 e. The maximum absolute atomic E-state index is 14.5. The van der Waals surface area contributed by atoms with Gasteiger partial charge in [-0.15, -0.1) is 10.2 Å². The van der Waals surface area contributed by atoms with E-state index in [9.17, 15) is 12.8 Å². The minimum absolute atomic E-state index is 0.00190. The number of aromatic nitrogens is 6. The first-order valence-electron chi connectivity index (χ1n) is 13.6. The van der Waals surface area contributed by atoms with Gasteiger partial charge in [-0.25, -0.2) is 22.1 Å². The molecule has 0 aliphatic heterocycles. The second-order valence-corrected chi connectivity index (χ2v) is 19.2. The van der Waals surface area contributed by atoms with Crippen molar-refractivity contribution in [2.24, 2.45) is 0 Å². The van der Waals surface area contributed by atoms with Crippen molar-refractivity contribution in [2.45, 2.75) is 44.3 Å². The average Bonchev–Trinajstić information content (AvgIpc) is 3.74. The Bertz CT molecular complexity index is 1810. The molecule has 1 aromatic carbocycles. The van der Waals surface area contributed by atoms with Gasteiger partial charge in [-0.2, -0.15) is 0 Å². The lowest BCUT2D eigenvalue weighted by Crippen LogP contribution is -2.42. The van der Waals surface area contributed by atoms with Gasteiger partial charge in [0.25, 0.3) is 0 Å². The number of para-hydroxylation sites is 1. The van der Waals surface area contributed by atoms with E-state index in [1.165, 1.54) is 31.1 Å². The molecule has 228 valence electrons. The van der Waals surface area contributed by atoms with E-state index in [0.717, 1.165) is 6.20 Å². The predicted octanol–water partition coefficient (Wildman–Crippen LogP) is 5.06. The Hall–Kier alpha value is -4.24. The van der Waals surface area contributed by atoms with E-state index >= 15 is 0 Å². The second kappa shape index (κ2) is 11.8. The molecule has 43 heavy (non-hydrogen) atoms. The van der Waals surface area contributed by atoms with Gasteiger partial charge in [0.15, 0.2) is 11.6 Å². The van der Waals surface area contributed by atoms with Gasteiger partial charge in [-0.1, -0.05) is 25.7 Å². The molecule has 0 saturated carbocycles. The van der Waals surface area contributed by atoms with Crippen molar-refractivity contribution in [3.8, 4) is 28.8 Å². The predicted molar refractivity (Wildman–Crippen MR) is 164 cm³/mol. The van der Waals surface area contributed by atoms with Crippen LogP contribution in [0.1, 0.15) is 12.6 Å². The second-order valence-electron chi connectivity index (χ2n) is 11.3. The molecule has 0 radical (unpaired) electrons. The third kappa shape index (κ3) is 5.86. The number of rotatable bonds is 12. The van der Waals surface area contributed by atoms with Crippen molar-refractivity contribution >= 4 is 35.1 Å². The van der Waals surface area contributed by atoms with E-state index in [1.807, 2.05) is 0 Å². The fourth-order valence-electron chi connectivity index (χ4n) is 4.74. The number of fused-ring (bicyclic) bond motifs is 1. The van der Waals surface area contributed by atoms with Crippen LogP contribution in [0.3, 0.4) is 0 Å². The van der Waals surface area contributed by atoms with Crippen LogP contribution < -0.4 is 13.8 Å². The van der Waals surface area contributed by atoms with Crippen LogP contribution in [0, 0.1) is 5.82 Å². The maximum atomic E-state index is 14.5. The molecular formula is C28H34FN7O5SSi. The summed E-state index contributed by atoms with van der Waals surface area (Å²) in [6, 6.07) is 9.32. The number of ether oxygens (including phenoxy) is 2. The van der Waals surface area contributed by atoms with Crippen LogP contribution in [0.15, 0.2) is 53.5 Å². The fraction of sp³-hybridized carbons (Fsp3) is 0.357. The number of H-pyrrole nitrogens is 1. The molecule has 15 heteroatoms. The Morgan fingerprint density at radius 1 is 1.09 bits per heavy atom. The zero-order valence-corrected chi connectivity index (χ0v) is 26.6. The van der Waals surface area contributed by atoms with Crippen LogP contribution in [0.5, 0.6) is 11.5 Å². The lowest BCUT2D eigenvalue weighted by molar-refractivity contribution is 0.391. The summed E-state index contributed by atoms with van der Waals surface area (Å²) in [4.78, 5) is 11.1. The van der Waals surface area contributed by atoms with Crippen LogP contribution in [0.4, 0.5) is 10.3 Å². The molecule has 4 aromatic heterocycles. The number of nitrogens with zero attached hydrogens (tertiary/aromatic N) is 6. The van der Waals surface area contributed by atoms with E-state index in [1.54, 1.807) is 41.8 Å². The van der Waals surface area contributed by atoms with Gasteiger partial charge in [-0.3, -0.25) is 9.55 Å². The van der Waals surface area contributed by atoms with E-state index in [2.05, 4.69) is 44.8 Å². The summed E-state index contributed by atoms with van der Waals surface area (Å²) in [6.07, 6.45) is 3.92. The highest BCUT2D eigenvalue weighted by Gasteiger charge is 2.37. The van der Waals surface area contributed by atoms with E-state index < -0.39 is 29.2 Å². The molecule has 1 atom stereocenters. The highest BCUT2D eigenvalue weighted by molar-refractivity contribution is 7.93. The Kier molecular flexibility index (Phi) is 8.29. The highest BCUT2D eigenvalue weighted by atomic mass is 32.2. The summed E-state index contributed by atoms with van der Waals surface area (Å²) in [5.41, 5.74) is 1.27. The lowest BCUT2D eigenvalue weighted by atomic mass is 10.2. The van der Waals surface area contributed by atoms with Crippen LogP contribution in [0.2, 0.25) is 25.7 Å². The Balaban J connectivity index is 1.68. The van der Waals surface area contributed by atoms with Crippen molar-refractivity contribution in [1.82, 2.24) is 29.7 Å². The van der Waals surface area contributed by atoms with E-state index in [-0.39, 0.29) is 30.3 Å². The number of nitrogens with one attached hydrogen (secondary N) is 1. The first kappa shape index (κ1) is 30.2. The zero-order chi connectivity index (χ0) is 30.9. The van der Waals surface area contributed by atoms with Gasteiger partial charge in [0.1, 0.15) is 22.7 Å². The van der Waals surface area contributed by atoms with Gasteiger partial charge in [0, 0.05) is 21.0 Å². The molecule has 5 rings (SSSR count). The average molecular weight is 628 g/mol. The number of sulfonamides is 1. The molecule has 0 amide bonds. The molecular weight excluding hydrogens is 594 g/mol. The van der Waals surface area contributed by atoms with Gasteiger partial charge in [0.2, 0.25) is 21.8 Å². The summed E-state index contributed by atoms with van der Waals surface area (Å²) in [5, 5.41) is 7.85. The van der Waals surface area contributed by atoms with Gasteiger partial charge < -0.3 is 18.9 Å². The Morgan fingerprint density at radius 2 is 1.81 bits per heavy atom. The molecule has 1 N–H and O–H groups in total. The molecule has 1 unspecified atom stereocenters. The van der Waals surface area contributed by atoms with Crippen molar-refractivity contribution in [3.05, 3.63) is 60.6 Å². The third-order valence-electron chi connectivity index (χ3n) is 7.09. The number of halogens is 1. The molecule has 0 bridgehead atoms. The fourth-order valence-corrected chi connectivity index (χ4v) is 7.29. The third-order valence-corrected chi connectivity index (χ3v) is 11.0. The quantitative estimate of drug-likeness (QED) is 0.188. The van der Waals surface area contributed by atoms with Crippen LogP contribution in [-0.4, -0.2) is 72.2 Å². The number of pyridine rings is 1. The molecule has 0 saturated heterocycles. The number of imidazole rings is 1. The number of hydrogen-bond donors (Lipinski definition) is 1. The van der Waals surface area contributed by atoms with Gasteiger partial charge in [-0.05, 0) is 37.2 Å². The van der Waals surface area contributed by atoms with Crippen molar-refractivity contribution in [2.75, 3.05) is 25.1 Å². The van der Waals surface area contributed by atoms with Crippen LogP contribution in [0.25, 0.3) is 28.3 Å². The van der Waals surface area contributed by atoms with Crippen molar-refractivity contribution < 1.29 is 26.7 Å². The first-order valence-corrected chi connectivity index (χ1v) is 18.9. The molecule has 0 aliphatic carbocycles. The summed E-state index contributed by atoms with van der Waals surface area (Å²) >= 11 is 0. The van der Waals surface area contributed by atoms with Crippen molar-refractivity contribution in [3.63, 3.8) is 0 Å². The Morgan fingerprint density at radius 3 is 2.44 bits per heavy atom. The summed E-state index contributed by atoms with van der Waals surface area (Å²) in [6.45, 7) is 8.26. The SMILES string of the molecule is COc1cccc(OC)c1-n1c(-c2ccco2)nnc1N(CC[Si](C)(C)C)S(=O)(=O)C(C)Cc1ncc(F)c2nc[nH]c12. The molecule has 0 fully saturated rings. The summed E-state index contributed by atoms with van der Waals surface area (Å²) in [5.74, 6) is 0.944. The number of anilines is 1. The zero-order valence-electron chi connectivity index (χ0n) is 24.8. The van der Waals surface area contributed by atoms with Gasteiger partial charge in [0.05, 0.1) is 49.5 Å². The Labute approximate surface area is 249 Å². The topological polar surface area (TPSA) is 141 Å². The van der Waals surface area contributed by atoms with Crippen molar-refractivity contribution in [1.29, 1.82) is 0 Å². The highest BCUT2D eigenvalue weighted by Crippen LogP contribution is 2.39. The molecule has 5 aromatic rings. The number of methoxy groups -OCH3 is 2. The standard InChI is InChI=1S/C28H34FN7O5SSi/c1-18(15-20-25-24(31-17-32-25)19(29)16-30-20)42(37,38)35(12-14-43(4,5)6)28-34-33-27(23-11-8-13-41-23)36(28)26-21(39-2)9-7-10-22(26)40-3/h7-11,13,16-18H,12,14-15H2,1-6H3,(H,31,32). The number of furan rings is 1. The monoisotopic (exact) mass is 627 g/mol. The molecule has 4 heterocycles. The molecule has 0 spiro atoms. The largest absolute Gasteiger partial charge is 0.494 e. The molecule has 0 aliphatic rings. The smallest absolute Gasteiger partial charge is 0.246 e. The van der Waals surface area contributed by atoms with E-state index in [0.29, 0.717) is 40.2 Å². The van der Waals surface area contributed by atoms with E-state index in [4.69, 9.17) is 13.9 Å². The lowest BCUT2D eigenvalue weighted by Gasteiger charge is -2.29. The first-order chi connectivity index (χ1) is 20.5. The number of aromatic amines is 1. The minimum atomic E-state index is -4.11. The molecule has 12 nitrogen and oxygen atoms in total. The number of hydrogen-bond acceptors (Lipinski definition) is 9.